The first-order chi connectivity index (χ1) is 20.9. The smallest absolute Gasteiger partial charge is 0.318 e. The minimum atomic E-state index is -0.228. The molecule has 43 heavy (non-hydrogen) atoms. The van der Waals surface area contributed by atoms with E-state index in [1.165, 1.54) is 40.9 Å². The highest BCUT2D eigenvalue weighted by Crippen LogP contribution is 2.36. The van der Waals surface area contributed by atoms with Crippen molar-refractivity contribution in [3.63, 3.8) is 0 Å². The molecule has 0 N–H and O–H groups in total. The van der Waals surface area contributed by atoms with Crippen LogP contribution in [0, 0.1) is 24.2 Å². The molecule has 9 heteroatoms. The summed E-state index contributed by atoms with van der Waals surface area (Å²) in [6.07, 6.45) is 5.05. The average molecular weight is 580 g/mol. The number of fused-ring (bicyclic) bond motifs is 2. The molecule has 0 radical (unpaired) electrons. The van der Waals surface area contributed by atoms with Crippen LogP contribution in [0.1, 0.15) is 36.1 Å². The quantitative estimate of drug-likeness (QED) is 0.328. The van der Waals surface area contributed by atoms with Crippen LogP contribution >= 0.6 is 0 Å². The molecular weight excluding hydrogens is 538 g/mol. The number of nitrogens with zero attached hydrogens (tertiary/aromatic N) is 7. The maximum atomic E-state index is 12.5. The lowest BCUT2D eigenvalue weighted by Gasteiger charge is -2.42. The summed E-state index contributed by atoms with van der Waals surface area (Å²) in [4.78, 5) is 31.2. The Kier molecular flexibility index (Phi) is 8.48. The first kappa shape index (κ1) is 28.9. The molecule has 3 aromatic rings. The Morgan fingerprint density at radius 2 is 1.98 bits per heavy atom. The maximum Gasteiger partial charge on any atom is 0.318 e. The first-order valence-electron chi connectivity index (χ1n) is 15.4. The second-order valence-corrected chi connectivity index (χ2v) is 12.1. The SMILES string of the molecule is C=CC(=O)N1CCN(c2nc(OCCN(C)CC3CC3)nc3c2CCN(c2cccc4cccc(C)c24)C3)C[C@H]1CC#N. The van der Waals surface area contributed by atoms with Gasteiger partial charge >= 0.3 is 6.01 Å². The van der Waals surface area contributed by atoms with E-state index in [4.69, 9.17) is 14.7 Å². The summed E-state index contributed by atoms with van der Waals surface area (Å²) < 4.78 is 6.22. The van der Waals surface area contributed by atoms with E-state index >= 15 is 0 Å². The number of likely N-dealkylation sites (N-methyl/N-ethyl adjacent to an activating group) is 1. The molecule has 1 amide bonds. The number of nitriles is 1. The predicted molar refractivity (Wildman–Crippen MR) is 169 cm³/mol. The van der Waals surface area contributed by atoms with Crippen molar-refractivity contribution in [3.8, 4) is 12.1 Å². The molecule has 1 aromatic heterocycles. The Balaban J connectivity index is 1.30. The van der Waals surface area contributed by atoms with Crippen molar-refractivity contribution in [1.82, 2.24) is 19.8 Å². The summed E-state index contributed by atoms with van der Waals surface area (Å²) in [6, 6.07) is 15.4. The van der Waals surface area contributed by atoms with Gasteiger partial charge in [-0.3, -0.25) is 4.79 Å². The summed E-state index contributed by atoms with van der Waals surface area (Å²) in [5.74, 6) is 1.56. The third kappa shape index (κ3) is 6.30. The Labute approximate surface area is 254 Å². The average Bonchev–Trinajstić information content (AvgIpc) is 3.84. The summed E-state index contributed by atoms with van der Waals surface area (Å²) in [5.41, 5.74) is 4.59. The van der Waals surface area contributed by atoms with Crippen molar-refractivity contribution < 1.29 is 9.53 Å². The van der Waals surface area contributed by atoms with Crippen LogP contribution in [0.15, 0.2) is 49.1 Å². The number of aryl methyl sites for hydroxylation is 1. The van der Waals surface area contributed by atoms with Gasteiger partial charge in [0.1, 0.15) is 12.4 Å². The van der Waals surface area contributed by atoms with Crippen molar-refractivity contribution >= 4 is 28.2 Å². The van der Waals surface area contributed by atoms with Gasteiger partial charge in [-0.05, 0) is 62.2 Å². The van der Waals surface area contributed by atoms with Gasteiger partial charge in [0, 0.05) is 55.9 Å². The van der Waals surface area contributed by atoms with Gasteiger partial charge < -0.3 is 24.3 Å². The highest BCUT2D eigenvalue weighted by atomic mass is 16.5. The molecule has 1 atom stereocenters. The summed E-state index contributed by atoms with van der Waals surface area (Å²) in [6.45, 7) is 11.5. The second-order valence-electron chi connectivity index (χ2n) is 12.1. The van der Waals surface area contributed by atoms with Crippen molar-refractivity contribution in [2.45, 2.75) is 45.2 Å². The number of piperazine rings is 1. The lowest BCUT2D eigenvalue weighted by molar-refractivity contribution is -0.128. The summed E-state index contributed by atoms with van der Waals surface area (Å²) in [7, 11) is 2.14. The maximum absolute atomic E-state index is 12.5. The van der Waals surface area contributed by atoms with E-state index < -0.39 is 0 Å². The molecule has 2 aliphatic heterocycles. The Hall–Kier alpha value is -4.16. The van der Waals surface area contributed by atoms with Crippen LogP contribution in [0.2, 0.25) is 0 Å². The van der Waals surface area contributed by atoms with Crippen molar-refractivity contribution in [2.24, 2.45) is 5.92 Å². The van der Waals surface area contributed by atoms with Gasteiger partial charge in [0.05, 0.1) is 30.8 Å². The van der Waals surface area contributed by atoms with Crippen molar-refractivity contribution in [3.05, 3.63) is 65.9 Å². The molecule has 224 valence electrons. The zero-order valence-corrected chi connectivity index (χ0v) is 25.3. The number of carbonyl (C=O) groups is 1. The fourth-order valence-corrected chi connectivity index (χ4v) is 6.55. The van der Waals surface area contributed by atoms with Gasteiger partial charge in [-0.1, -0.05) is 36.9 Å². The minimum Gasteiger partial charge on any atom is -0.462 e. The number of benzene rings is 2. The van der Waals surface area contributed by atoms with Crippen LogP contribution in [0.25, 0.3) is 10.8 Å². The first-order valence-corrected chi connectivity index (χ1v) is 15.4. The van der Waals surface area contributed by atoms with Crippen LogP contribution in [0.4, 0.5) is 11.5 Å². The van der Waals surface area contributed by atoms with Gasteiger partial charge in [0.25, 0.3) is 0 Å². The number of hydrogen-bond acceptors (Lipinski definition) is 8. The van der Waals surface area contributed by atoms with E-state index in [0.29, 0.717) is 38.8 Å². The third-order valence-electron chi connectivity index (χ3n) is 8.99. The number of anilines is 2. The van der Waals surface area contributed by atoms with E-state index in [0.717, 1.165) is 49.0 Å². The van der Waals surface area contributed by atoms with E-state index in [2.05, 4.69) is 77.7 Å². The molecule has 0 spiro atoms. The normalized spacial score (nSPS) is 18.5. The molecule has 9 nitrogen and oxygen atoms in total. The number of carbonyl (C=O) groups excluding carboxylic acids is 1. The number of amides is 1. The monoisotopic (exact) mass is 579 g/mol. The van der Waals surface area contributed by atoms with Gasteiger partial charge in [-0.2, -0.15) is 15.2 Å². The van der Waals surface area contributed by atoms with Gasteiger partial charge in [-0.15, -0.1) is 0 Å². The third-order valence-corrected chi connectivity index (χ3v) is 8.99. The van der Waals surface area contributed by atoms with Crippen LogP contribution < -0.4 is 14.5 Å². The van der Waals surface area contributed by atoms with E-state index in [9.17, 15) is 10.1 Å². The molecular formula is C34H41N7O2. The van der Waals surface area contributed by atoms with E-state index in [-0.39, 0.29) is 18.4 Å². The lowest BCUT2D eigenvalue weighted by Crippen LogP contribution is -2.55. The number of ether oxygens (including phenoxy) is 1. The van der Waals surface area contributed by atoms with Gasteiger partial charge in [0.15, 0.2) is 0 Å². The molecule has 1 saturated carbocycles. The van der Waals surface area contributed by atoms with E-state index in [1.54, 1.807) is 4.90 Å². The number of rotatable bonds is 10. The molecule has 2 aromatic carbocycles. The van der Waals surface area contributed by atoms with Crippen LogP contribution in [0.3, 0.4) is 0 Å². The summed E-state index contributed by atoms with van der Waals surface area (Å²) >= 11 is 0. The Morgan fingerprint density at radius 1 is 1.16 bits per heavy atom. The lowest BCUT2D eigenvalue weighted by atomic mass is 9.99. The minimum absolute atomic E-state index is 0.134. The number of aromatic nitrogens is 2. The van der Waals surface area contributed by atoms with Crippen LogP contribution in [0.5, 0.6) is 6.01 Å². The standard InChI is InChI=1S/C34H41N7O2/c1-4-31(42)41-18-17-40(22-27(41)13-15-35)33-28-14-16-39(30-10-6-9-26-8-5-7-24(2)32(26)30)23-29(28)36-34(37-33)43-20-19-38(3)21-25-11-12-25/h4-10,25,27H,1,11-14,16-23H2,2-3H3/t27-/m1/s1. The molecule has 3 heterocycles. The topological polar surface area (TPSA) is 88.8 Å². The fourth-order valence-electron chi connectivity index (χ4n) is 6.55. The fraction of sp³-hybridized carbons (Fsp3) is 0.471. The molecule has 0 bridgehead atoms. The zero-order chi connectivity index (χ0) is 29.9. The van der Waals surface area contributed by atoms with Gasteiger partial charge in [-0.25, -0.2) is 0 Å². The molecule has 0 unspecified atom stereocenters. The second kappa shape index (κ2) is 12.6. The number of hydrogen-bond donors (Lipinski definition) is 0. The zero-order valence-electron chi connectivity index (χ0n) is 25.3. The molecule has 2 fully saturated rings. The summed E-state index contributed by atoms with van der Waals surface area (Å²) in [5, 5.41) is 12.0. The molecule has 1 saturated heterocycles. The Morgan fingerprint density at radius 3 is 2.74 bits per heavy atom. The highest BCUT2D eigenvalue weighted by Gasteiger charge is 2.33. The highest BCUT2D eigenvalue weighted by molar-refractivity contribution is 5.97. The molecule has 3 aliphatic rings. The van der Waals surface area contributed by atoms with Crippen LogP contribution in [-0.2, 0) is 17.8 Å². The Bertz CT molecular complexity index is 1540. The van der Waals surface area contributed by atoms with E-state index in [1.807, 2.05) is 0 Å². The van der Waals surface area contributed by atoms with Crippen molar-refractivity contribution in [2.75, 3.05) is 62.7 Å². The van der Waals surface area contributed by atoms with Gasteiger partial charge in [0.2, 0.25) is 5.91 Å². The predicted octanol–water partition coefficient (Wildman–Crippen LogP) is 4.34. The largest absolute Gasteiger partial charge is 0.462 e. The van der Waals surface area contributed by atoms with Crippen LogP contribution in [-0.4, -0.2) is 84.6 Å². The molecule has 1 aliphatic carbocycles. The van der Waals surface area contributed by atoms with Crippen molar-refractivity contribution in [1.29, 1.82) is 5.26 Å². The molecule has 6 rings (SSSR count).